The molecule has 16 heavy (non-hydrogen) atoms. The Bertz CT molecular complexity index is 341. The zero-order chi connectivity index (χ0) is 12.0. The maximum atomic E-state index is 11.5. The number of aryl methyl sites for hydroxylation is 1. The van der Waals surface area contributed by atoms with Crippen molar-refractivity contribution < 1.29 is 9.90 Å². The highest BCUT2D eigenvalue weighted by atomic mass is 32.1. The number of likely N-dealkylation sites (N-methyl/N-ethyl adjacent to an activating group) is 1. The largest absolute Gasteiger partial charge is 0.395 e. The van der Waals surface area contributed by atoms with Gasteiger partial charge in [0.05, 0.1) is 12.3 Å². The summed E-state index contributed by atoms with van der Waals surface area (Å²) in [4.78, 5) is 17.2. The van der Waals surface area contributed by atoms with E-state index in [1.165, 1.54) is 16.2 Å². The summed E-state index contributed by atoms with van der Waals surface area (Å²) in [5, 5.41) is 13.9. The quantitative estimate of drug-likeness (QED) is 0.824. The molecule has 0 aliphatic carbocycles. The second-order valence-electron chi connectivity index (χ2n) is 3.47. The Morgan fingerprint density at radius 1 is 1.69 bits per heavy atom. The number of carbonyl (C=O) groups is 1. The highest BCUT2D eigenvalue weighted by Gasteiger charge is 2.10. The molecule has 0 spiro atoms. The highest BCUT2D eigenvalue weighted by Crippen LogP contribution is 2.16. The van der Waals surface area contributed by atoms with Gasteiger partial charge >= 0.3 is 6.03 Å². The summed E-state index contributed by atoms with van der Waals surface area (Å²) < 4.78 is 0. The number of aromatic nitrogens is 1. The number of anilines is 1. The predicted molar refractivity (Wildman–Crippen MR) is 64.8 cm³/mol. The molecule has 5 nitrogen and oxygen atoms in total. The third-order valence-electron chi connectivity index (χ3n) is 2.05. The van der Waals surface area contributed by atoms with Crippen molar-refractivity contribution in [3.8, 4) is 0 Å². The number of hydrogen-bond acceptors (Lipinski definition) is 4. The Hall–Kier alpha value is -1.14. The van der Waals surface area contributed by atoms with E-state index in [1.54, 1.807) is 7.05 Å². The lowest BCUT2D eigenvalue weighted by Gasteiger charge is -2.14. The van der Waals surface area contributed by atoms with Crippen molar-refractivity contribution in [3.05, 3.63) is 11.1 Å². The minimum Gasteiger partial charge on any atom is -0.395 e. The van der Waals surface area contributed by atoms with Gasteiger partial charge in [-0.3, -0.25) is 5.32 Å². The number of aliphatic hydroxyl groups is 1. The number of thiazole rings is 1. The lowest BCUT2D eigenvalue weighted by Crippen LogP contribution is -2.33. The van der Waals surface area contributed by atoms with E-state index in [9.17, 15) is 4.79 Å². The van der Waals surface area contributed by atoms with Crippen molar-refractivity contribution in [1.29, 1.82) is 0 Å². The van der Waals surface area contributed by atoms with Gasteiger partial charge in [-0.05, 0) is 6.42 Å². The van der Waals surface area contributed by atoms with E-state index >= 15 is 0 Å². The molecule has 1 rings (SSSR count). The van der Waals surface area contributed by atoms with Gasteiger partial charge < -0.3 is 10.0 Å². The molecule has 0 bridgehead atoms. The van der Waals surface area contributed by atoms with Gasteiger partial charge in [-0.25, -0.2) is 9.78 Å². The van der Waals surface area contributed by atoms with E-state index in [0.29, 0.717) is 11.7 Å². The standard InChI is InChI=1S/C10H17N3O2S/c1-3-4-8-7-16-9(11-8)12-10(15)13(2)5-6-14/h7,14H,3-6H2,1-2H3,(H,11,12,15). The molecule has 2 amide bonds. The molecule has 6 heteroatoms. The Morgan fingerprint density at radius 2 is 2.44 bits per heavy atom. The normalized spacial score (nSPS) is 10.2. The average molecular weight is 243 g/mol. The van der Waals surface area contributed by atoms with Crippen molar-refractivity contribution in [3.63, 3.8) is 0 Å². The fraction of sp³-hybridized carbons (Fsp3) is 0.600. The van der Waals surface area contributed by atoms with Crippen LogP contribution in [0.3, 0.4) is 0 Å². The highest BCUT2D eigenvalue weighted by molar-refractivity contribution is 7.13. The Labute approximate surface area is 99.1 Å². The van der Waals surface area contributed by atoms with E-state index in [4.69, 9.17) is 5.11 Å². The van der Waals surface area contributed by atoms with Crippen molar-refractivity contribution in [2.24, 2.45) is 0 Å². The first-order valence-corrected chi connectivity index (χ1v) is 6.12. The molecule has 0 fully saturated rings. The first-order chi connectivity index (χ1) is 7.67. The molecule has 0 atom stereocenters. The number of amides is 2. The van der Waals surface area contributed by atoms with Crippen LogP contribution in [0.4, 0.5) is 9.93 Å². The van der Waals surface area contributed by atoms with E-state index in [2.05, 4.69) is 17.2 Å². The maximum absolute atomic E-state index is 11.5. The molecule has 1 aromatic heterocycles. The van der Waals surface area contributed by atoms with Crippen LogP contribution in [-0.2, 0) is 6.42 Å². The summed E-state index contributed by atoms with van der Waals surface area (Å²) in [6.45, 7) is 2.37. The monoisotopic (exact) mass is 243 g/mol. The van der Waals surface area contributed by atoms with E-state index in [0.717, 1.165) is 18.5 Å². The molecule has 0 aliphatic heterocycles. The molecule has 0 saturated heterocycles. The molecule has 90 valence electrons. The number of urea groups is 1. The SMILES string of the molecule is CCCc1csc(NC(=O)N(C)CCO)n1. The molecular formula is C10H17N3O2S. The third kappa shape index (κ3) is 3.79. The Balaban J connectivity index is 2.49. The summed E-state index contributed by atoms with van der Waals surface area (Å²) in [7, 11) is 1.63. The molecule has 0 aromatic carbocycles. The minimum atomic E-state index is -0.244. The van der Waals surface area contributed by atoms with Crippen molar-refractivity contribution in [2.45, 2.75) is 19.8 Å². The van der Waals surface area contributed by atoms with Crippen LogP contribution in [0.5, 0.6) is 0 Å². The van der Waals surface area contributed by atoms with Gasteiger partial charge in [0, 0.05) is 19.0 Å². The van der Waals surface area contributed by atoms with Crippen LogP contribution in [0.15, 0.2) is 5.38 Å². The van der Waals surface area contributed by atoms with Gasteiger partial charge in [-0.15, -0.1) is 11.3 Å². The van der Waals surface area contributed by atoms with E-state index < -0.39 is 0 Å². The Kier molecular flexibility index (Phi) is 5.21. The first-order valence-electron chi connectivity index (χ1n) is 5.24. The maximum Gasteiger partial charge on any atom is 0.323 e. The van der Waals surface area contributed by atoms with E-state index in [-0.39, 0.29) is 12.6 Å². The lowest BCUT2D eigenvalue weighted by atomic mass is 10.3. The zero-order valence-corrected chi connectivity index (χ0v) is 10.4. The second-order valence-corrected chi connectivity index (χ2v) is 4.33. The van der Waals surface area contributed by atoms with Crippen LogP contribution < -0.4 is 5.32 Å². The fourth-order valence-electron chi connectivity index (χ4n) is 1.17. The second kappa shape index (κ2) is 6.44. The van der Waals surface area contributed by atoms with Crippen LogP contribution in [0.2, 0.25) is 0 Å². The number of nitrogens with zero attached hydrogens (tertiary/aromatic N) is 2. The molecular weight excluding hydrogens is 226 g/mol. The van der Waals surface area contributed by atoms with Crippen LogP contribution in [0.25, 0.3) is 0 Å². The summed E-state index contributed by atoms with van der Waals surface area (Å²) in [6.07, 6.45) is 1.97. The average Bonchev–Trinajstić information content (AvgIpc) is 2.66. The van der Waals surface area contributed by atoms with E-state index in [1.807, 2.05) is 5.38 Å². The number of hydrogen-bond donors (Lipinski definition) is 2. The Morgan fingerprint density at radius 3 is 3.06 bits per heavy atom. The van der Waals surface area contributed by atoms with Gasteiger partial charge in [-0.2, -0.15) is 0 Å². The molecule has 0 radical (unpaired) electrons. The predicted octanol–water partition coefficient (Wildman–Crippen LogP) is 1.55. The smallest absolute Gasteiger partial charge is 0.323 e. The number of aliphatic hydroxyl groups excluding tert-OH is 1. The minimum absolute atomic E-state index is 0.0388. The first kappa shape index (κ1) is 12.9. The van der Waals surface area contributed by atoms with Gasteiger partial charge in [0.2, 0.25) is 0 Å². The van der Waals surface area contributed by atoms with Crippen LogP contribution >= 0.6 is 11.3 Å². The lowest BCUT2D eigenvalue weighted by molar-refractivity contribution is 0.202. The van der Waals surface area contributed by atoms with Crippen LogP contribution in [0.1, 0.15) is 19.0 Å². The van der Waals surface area contributed by atoms with Crippen LogP contribution in [-0.4, -0.2) is 41.2 Å². The van der Waals surface area contributed by atoms with Crippen molar-refractivity contribution in [1.82, 2.24) is 9.88 Å². The summed E-state index contributed by atoms with van der Waals surface area (Å²) in [6, 6.07) is -0.244. The molecule has 0 unspecified atom stereocenters. The summed E-state index contributed by atoms with van der Waals surface area (Å²) in [5.41, 5.74) is 1.01. The van der Waals surface area contributed by atoms with Gasteiger partial charge in [-0.1, -0.05) is 13.3 Å². The molecule has 2 N–H and O–H groups in total. The summed E-state index contributed by atoms with van der Waals surface area (Å²) in [5.74, 6) is 0. The van der Waals surface area contributed by atoms with Gasteiger partial charge in [0.15, 0.2) is 5.13 Å². The van der Waals surface area contributed by atoms with Crippen molar-refractivity contribution in [2.75, 3.05) is 25.5 Å². The molecule has 1 heterocycles. The number of carbonyl (C=O) groups excluding carboxylic acids is 1. The topological polar surface area (TPSA) is 65.5 Å². The van der Waals surface area contributed by atoms with Gasteiger partial charge in [0.1, 0.15) is 0 Å². The zero-order valence-electron chi connectivity index (χ0n) is 9.56. The van der Waals surface area contributed by atoms with Crippen LogP contribution in [0, 0.1) is 0 Å². The summed E-state index contributed by atoms with van der Waals surface area (Å²) >= 11 is 1.42. The molecule has 1 aromatic rings. The molecule has 0 saturated carbocycles. The number of nitrogens with one attached hydrogen (secondary N) is 1. The number of rotatable bonds is 5. The van der Waals surface area contributed by atoms with Crippen molar-refractivity contribution >= 4 is 22.5 Å². The third-order valence-corrected chi connectivity index (χ3v) is 2.86. The fourth-order valence-corrected chi connectivity index (χ4v) is 1.91. The van der Waals surface area contributed by atoms with Gasteiger partial charge in [0.25, 0.3) is 0 Å². The molecule has 0 aliphatic rings.